The molecule has 0 unspecified atom stereocenters. The van der Waals surface area contributed by atoms with Crippen molar-refractivity contribution < 1.29 is 0 Å². The van der Waals surface area contributed by atoms with Crippen LogP contribution in [0.25, 0.3) is 5.57 Å². The summed E-state index contributed by atoms with van der Waals surface area (Å²) in [6.07, 6.45) is 9.04. The zero-order chi connectivity index (χ0) is 16.9. The molecule has 0 spiro atoms. The van der Waals surface area contributed by atoms with Crippen LogP contribution in [0.1, 0.15) is 37.1 Å². The summed E-state index contributed by atoms with van der Waals surface area (Å²) < 4.78 is 5.37. The zero-order valence-corrected chi connectivity index (χ0v) is 15.5. The molecule has 2 aliphatic rings. The highest BCUT2D eigenvalue weighted by molar-refractivity contribution is 7.56. The summed E-state index contributed by atoms with van der Waals surface area (Å²) >= 11 is 0. The lowest BCUT2D eigenvalue weighted by molar-refractivity contribution is 0.481. The van der Waals surface area contributed by atoms with Gasteiger partial charge in [-0.15, -0.1) is 0 Å². The molecule has 5 heteroatoms. The molecule has 25 heavy (non-hydrogen) atoms. The van der Waals surface area contributed by atoms with E-state index in [2.05, 4.69) is 49.4 Å². The van der Waals surface area contributed by atoms with Gasteiger partial charge in [-0.1, -0.05) is 12.1 Å². The Morgan fingerprint density at radius 2 is 1.24 bits per heavy atom. The highest BCUT2D eigenvalue weighted by Crippen LogP contribution is 2.51. The van der Waals surface area contributed by atoms with Crippen LogP contribution >= 0.6 is 8.22 Å². The average Bonchev–Trinajstić information content (AvgIpc) is 3.38. The first-order chi connectivity index (χ1) is 12.4. The molecule has 0 saturated carbocycles. The molecule has 0 amide bonds. The SMILES string of the molecule is C(=C(c1ccccn1)c1ccccn1)P(N1CCCC1)N1CCCC1. The first kappa shape index (κ1) is 16.8. The summed E-state index contributed by atoms with van der Waals surface area (Å²) in [6.45, 7) is 4.87. The molecule has 4 heterocycles. The number of rotatable bonds is 5. The predicted molar refractivity (Wildman–Crippen MR) is 104 cm³/mol. The highest BCUT2D eigenvalue weighted by atomic mass is 31.1. The maximum Gasteiger partial charge on any atom is 0.0724 e. The van der Waals surface area contributed by atoms with E-state index >= 15 is 0 Å². The molecular weight excluding hydrogens is 327 g/mol. The largest absolute Gasteiger partial charge is 0.267 e. The molecular formula is C20H25N4P. The number of hydrogen-bond acceptors (Lipinski definition) is 4. The fourth-order valence-corrected chi connectivity index (χ4v) is 6.14. The molecule has 130 valence electrons. The molecule has 0 N–H and O–H groups in total. The van der Waals surface area contributed by atoms with E-state index in [-0.39, 0.29) is 0 Å². The minimum Gasteiger partial charge on any atom is -0.267 e. The van der Waals surface area contributed by atoms with E-state index in [1.54, 1.807) is 0 Å². The lowest BCUT2D eigenvalue weighted by Crippen LogP contribution is -2.24. The molecule has 2 aromatic rings. The zero-order valence-electron chi connectivity index (χ0n) is 14.6. The number of nitrogens with zero attached hydrogens (tertiary/aromatic N) is 4. The second kappa shape index (κ2) is 8.18. The summed E-state index contributed by atoms with van der Waals surface area (Å²) in [6, 6.07) is 12.3. The Bertz CT molecular complexity index is 635. The van der Waals surface area contributed by atoms with Crippen LogP contribution < -0.4 is 0 Å². The van der Waals surface area contributed by atoms with Crippen molar-refractivity contribution in [3.8, 4) is 0 Å². The van der Waals surface area contributed by atoms with Crippen LogP contribution in [0, 0.1) is 0 Å². The minimum absolute atomic E-state index is 0.425. The Labute approximate surface area is 151 Å². The van der Waals surface area contributed by atoms with Crippen LogP contribution in [0.4, 0.5) is 0 Å². The van der Waals surface area contributed by atoms with Gasteiger partial charge < -0.3 is 0 Å². The third-order valence-electron chi connectivity index (χ3n) is 4.87. The van der Waals surface area contributed by atoms with Crippen LogP contribution in [-0.4, -0.2) is 45.5 Å². The highest BCUT2D eigenvalue weighted by Gasteiger charge is 2.29. The average molecular weight is 352 g/mol. The summed E-state index contributed by atoms with van der Waals surface area (Å²) in [4.78, 5) is 9.25. The Balaban J connectivity index is 1.75. The van der Waals surface area contributed by atoms with Gasteiger partial charge in [-0.25, -0.2) is 0 Å². The van der Waals surface area contributed by atoms with E-state index in [1.165, 1.54) is 57.4 Å². The molecule has 2 saturated heterocycles. The molecule has 0 aliphatic carbocycles. The number of pyridine rings is 2. The second-order valence-electron chi connectivity index (χ2n) is 6.61. The van der Waals surface area contributed by atoms with Crippen molar-refractivity contribution in [3.63, 3.8) is 0 Å². The lowest BCUT2D eigenvalue weighted by Gasteiger charge is -2.33. The van der Waals surface area contributed by atoms with Gasteiger partial charge in [0.25, 0.3) is 0 Å². The van der Waals surface area contributed by atoms with E-state index in [1.807, 2.05) is 24.5 Å². The van der Waals surface area contributed by atoms with Crippen molar-refractivity contribution in [2.75, 3.05) is 26.2 Å². The maximum absolute atomic E-state index is 4.63. The monoisotopic (exact) mass is 352 g/mol. The van der Waals surface area contributed by atoms with E-state index in [0.29, 0.717) is 0 Å². The normalized spacial score (nSPS) is 18.8. The number of aromatic nitrogens is 2. The third kappa shape index (κ3) is 3.98. The van der Waals surface area contributed by atoms with Crippen molar-refractivity contribution in [2.45, 2.75) is 25.7 Å². The van der Waals surface area contributed by atoms with Crippen molar-refractivity contribution in [3.05, 3.63) is 66.0 Å². The molecule has 0 radical (unpaired) electrons. The first-order valence-electron chi connectivity index (χ1n) is 9.25. The van der Waals surface area contributed by atoms with Crippen LogP contribution in [0.3, 0.4) is 0 Å². The Kier molecular flexibility index (Phi) is 5.51. The lowest BCUT2D eigenvalue weighted by atomic mass is 10.1. The summed E-state index contributed by atoms with van der Waals surface area (Å²) in [5.41, 5.74) is 3.21. The van der Waals surface area contributed by atoms with Crippen LogP contribution in [0.15, 0.2) is 54.6 Å². The van der Waals surface area contributed by atoms with Crippen molar-refractivity contribution in [1.82, 2.24) is 19.3 Å². The van der Waals surface area contributed by atoms with Gasteiger partial charge in [0.1, 0.15) is 0 Å². The maximum atomic E-state index is 4.63. The topological polar surface area (TPSA) is 32.3 Å². The fraction of sp³-hybridized carbons (Fsp3) is 0.400. The molecule has 2 fully saturated rings. The van der Waals surface area contributed by atoms with E-state index < -0.39 is 8.22 Å². The molecule has 2 aliphatic heterocycles. The van der Waals surface area contributed by atoms with Gasteiger partial charge in [0.05, 0.1) is 19.6 Å². The fourth-order valence-electron chi connectivity index (χ4n) is 3.58. The Morgan fingerprint density at radius 1 is 0.760 bits per heavy atom. The van der Waals surface area contributed by atoms with Crippen LogP contribution in [0.5, 0.6) is 0 Å². The van der Waals surface area contributed by atoms with Crippen molar-refractivity contribution in [1.29, 1.82) is 0 Å². The minimum atomic E-state index is -0.425. The van der Waals surface area contributed by atoms with Crippen molar-refractivity contribution in [2.24, 2.45) is 0 Å². The van der Waals surface area contributed by atoms with Gasteiger partial charge in [-0.05, 0) is 55.8 Å². The van der Waals surface area contributed by atoms with E-state index in [0.717, 1.165) is 11.4 Å². The van der Waals surface area contributed by atoms with Crippen molar-refractivity contribution >= 4 is 13.8 Å². The van der Waals surface area contributed by atoms with Gasteiger partial charge in [-0.2, -0.15) is 0 Å². The van der Waals surface area contributed by atoms with Gasteiger partial charge >= 0.3 is 0 Å². The van der Waals surface area contributed by atoms with E-state index in [9.17, 15) is 0 Å². The van der Waals surface area contributed by atoms with Gasteiger partial charge in [0.2, 0.25) is 0 Å². The summed E-state index contributed by atoms with van der Waals surface area (Å²) in [5.74, 6) is 2.47. The third-order valence-corrected chi connectivity index (χ3v) is 7.32. The second-order valence-corrected chi connectivity index (χ2v) is 8.64. The molecule has 2 aromatic heterocycles. The molecule has 0 bridgehead atoms. The molecule has 4 rings (SSSR count). The van der Waals surface area contributed by atoms with Gasteiger partial charge in [-0.3, -0.25) is 19.3 Å². The van der Waals surface area contributed by atoms with Gasteiger partial charge in [0, 0.05) is 44.1 Å². The smallest absolute Gasteiger partial charge is 0.0724 e. The first-order valence-corrected chi connectivity index (χ1v) is 10.6. The molecule has 0 aromatic carbocycles. The standard InChI is InChI=1S/C20H25N4P/c1-3-11-21-19(9-1)18(20-10-2-4-12-22-20)17-25(23-13-5-6-14-23)24-15-7-8-16-24/h1-4,9-12,17H,5-8,13-16H2. The van der Waals surface area contributed by atoms with Crippen LogP contribution in [-0.2, 0) is 0 Å². The predicted octanol–water partition coefficient (Wildman–Crippen LogP) is 4.37. The number of hydrogen-bond donors (Lipinski definition) is 0. The molecule has 0 atom stereocenters. The van der Waals surface area contributed by atoms with Crippen LogP contribution in [0.2, 0.25) is 0 Å². The molecule has 4 nitrogen and oxygen atoms in total. The van der Waals surface area contributed by atoms with Gasteiger partial charge in [0.15, 0.2) is 0 Å². The summed E-state index contributed by atoms with van der Waals surface area (Å²) in [7, 11) is -0.425. The van der Waals surface area contributed by atoms with E-state index in [4.69, 9.17) is 0 Å². The Hall–Kier alpha value is -1.61. The Morgan fingerprint density at radius 3 is 1.64 bits per heavy atom. The summed E-state index contributed by atoms with van der Waals surface area (Å²) in [5, 5.41) is 0. The quantitative estimate of drug-likeness (QED) is 0.748.